The summed E-state index contributed by atoms with van der Waals surface area (Å²) in [5.41, 5.74) is 2.82. The summed E-state index contributed by atoms with van der Waals surface area (Å²) in [5, 5.41) is 5.54. The Morgan fingerprint density at radius 3 is 1.90 bits per heavy atom. The summed E-state index contributed by atoms with van der Waals surface area (Å²) < 4.78 is 0. The normalized spacial score (nSPS) is 10.9. The predicted molar refractivity (Wildman–Crippen MR) is 82.0 cm³/mol. The molecule has 0 saturated carbocycles. The van der Waals surface area contributed by atoms with Crippen molar-refractivity contribution in [3.8, 4) is 0 Å². The molecule has 1 heterocycles. The molecule has 4 nitrogen and oxygen atoms in total. The Kier molecular flexibility index (Phi) is 4.03. The van der Waals surface area contributed by atoms with Crippen LogP contribution in [0.5, 0.6) is 0 Å². The highest BCUT2D eigenvalue weighted by atomic mass is 16.2. The van der Waals surface area contributed by atoms with Crippen LogP contribution in [-0.2, 0) is 5.41 Å². The monoisotopic (exact) mass is 269 g/mol. The van der Waals surface area contributed by atoms with Gasteiger partial charge in [-0.05, 0) is 35.2 Å². The number of hydrogen-bond donors (Lipinski definition) is 2. The highest BCUT2D eigenvalue weighted by molar-refractivity contribution is 5.99. The molecule has 1 aromatic carbocycles. The van der Waals surface area contributed by atoms with Gasteiger partial charge in [0.1, 0.15) is 0 Å². The third kappa shape index (κ3) is 3.82. The minimum atomic E-state index is -0.264. The highest BCUT2D eigenvalue weighted by Gasteiger charge is 2.13. The second-order valence-corrected chi connectivity index (χ2v) is 5.64. The first kappa shape index (κ1) is 14.1. The van der Waals surface area contributed by atoms with Crippen LogP contribution in [0.25, 0.3) is 0 Å². The van der Waals surface area contributed by atoms with Crippen LogP contribution >= 0.6 is 0 Å². The van der Waals surface area contributed by atoms with Gasteiger partial charge in [0.25, 0.3) is 0 Å². The number of rotatable bonds is 2. The molecule has 0 unspecified atom stereocenters. The lowest BCUT2D eigenvalue weighted by Gasteiger charge is -2.19. The van der Waals surface area contributed by atoms with Gasteiger partial charge < -0.3 is 10.6 Å². The van der Waals surface area contributed by atoms with Crippen molar-refractivity contribution in [3.05, 3.63) is 54.4 Å². The summed E-state index contributed by atoms with van der Waals surface area (Å²) in [6.45, 7) is 6.47. The van der Waals surface area contributed by atoms with Gasteiger partial charge in [0.15, 0.2) is 0 Å². The molecule has 1 aromatic heterocycles. The largest absolute Gasteiger partial charge is 0.323 e. The molecule has 0 saturated heterocycles. The molecule has 2 aromatic rings. The number of amides is 2. The first-order valence-corrected chi connectivity index (χ1v) is 6.54. The maximum Gasteiger partial charge on any atom is 0.323 e. The van der Waals surface area contributed by atoms with E-state index in [2.05, 4.69) is 36.4 Å². The molecule has 0 bridgehead atoms. The van der Waals surface area contributed by atoms with E-state index < -0.39 is 0 Å². The second-order valence-electron chi connectivity index (χ2n) is 5.64. The fourth-order valence-electron chi connectivity index (χ4n) is 1.78. The molecule has 0 spiro atoms. The van der Waals surface area contributed by atoms with E-state index >= 15 is 0 Å². The summed E-state index contributed by atoms with van der Waals surface area (Å²) in [4.78, 5) is 15.7. The molecule has 4 heteroatoms. The number of benzene rings is 1. The number of urea groups is 1. The topological polar surface area (TPSA) is 54.0 Å². The van der Waals surface area contributed by atoms with Crippen molar-refractivity contribution >= 4 is 17.4 Å². The molecule has 104 valence electrons. The first-order chi connectivity index (χ1) is 9.45. The van der Waals surface area contributed by atoms with E-state index in [1.165, 1.54) is 5.56 Å². The third-order valence-corrected chi connectivity index (χ3v) is 2.95. The van der Waals surface area contributed by atoms with E-state index in [9.17, 15) is 4.79 Å². The van der Waals surface area contributed by atoms with Gasteiger partial charge in [-0.1, -0.05) is 32.9 Å². The molecule has 0 atom stereocenters. The fraction of sp³-hybridized carbons (Fsp3) is 0.250. The Morgan fingerprint density at radius 1 is 0.900 bits per heavy atom. The van der Waals surface area contributed by atoms with Crippen LogP contribution < -0.4 is 10.6 Å². The van der Waals surface area contributed by atoms with Gasteiger partial charge >= 0.3 is 6.03 Å². The zero-order chi connectivity index (χ0) is 14.6. The Bertz CT molecular complexity index is 571. The number of anilines is 2. The number of nitrogens with zero attached hydrogens (tertiary/aromatic N) is 1. The Hall–Kier alpha value is -2.36. The van der Waals surface area contributed by atoms with Crippen LogP contribution in [0.3, 0.4) is 0 Å². The van der Waals surface area contributed by atoms with Gasteiger partial charge in [-0.2, -0.15) is 0 Å². The van der Waals surface area contributed by atoms with Gasteiger partial charge in [-0.15, -0.1) is 0 Å². The van der Waals surface area contributed by atoms with Crippen molar-refractivity contribution < 1.29 is 4.79 Å². The van der Waals surface area contributed by atoms with Crippen molar-refractivity contribution in [1.29, 1.82) is 0 Å². The van der Waals surface area contributed by atoms with Crippen molar-refractivity contribution in [3.63, 3.8) is 0 Å². The van der Waals surface area contributed by atoms with Gasteiger partial charge in [0, 0.05) is 23.8 Å². The van der Waals surface area contributed by atoms with Crippen LogP contribution in [-0.4, -0.2) is 11.0 Å². The second kappa shape index (κ2) is 5.74. The van der Waals surface area contributed by atoms with E-state index in [4.69, 9.17) is 0 Å². The van der Waals surface area contributed by atoms with Crippen molar-refractivity contribution in [2.45, 2.75) is 26.2 Å². The smallest absolute Gasteiger partial charge is 0.308 e. The van der Waals surface area contributed by atoms with Gasteiger partial charge in [-0.25, -0.2) is 4.79 Å². The Balaban J connectivity index is 1.98. The molecule has 0 radical (unpaired) electrons. The molecular formula is C16H19N3O. The summed E-state index contributed by atoms with van der Waals surface area (Å²) in [7, 11) is 0. The minimum Gasteiger partial charge on any atom is -0.308 e. The zero-order valence-electron chi connectivity index (χ0n) is 12.0. The molecule has 0 aliphatic carbocycles. The number of pyridine rings is 1. The average Bonchev–Trinajstić information content (AvgIpc) is 2.39. The predicted octanol–water partition coefficient (Wildman–Crippen LogP) is 4.02. The van der Waals surface area contributed by atoms with E-state index in [1.807, 2.05) is 24.3 Å². The molecule has 0 aliphatic heterocycles. The molecule has 0 fully saturated rings. The molecule has 20 heavy (non-hydrogen) atoms. The number of carbonyl (C=O) groups excluding carboxylic acids is 1. The van der Waals surface area contributed by atoms with Crippen LogP contribution in [0, 0.1) is 0 Å². The standard InChI is InChI=1S/C16H19N3O/c1-16(2,3)12-4-6-13(7-5-12)18-15(20)19-14-8-10-17-11-9-14/h4-11H,1-3H3,(H2,17,18,19,20). The molecule has 0 aliphatic rings. The minimum absolute atomic E-state index is 0.109. The maximum atomic E-state index is 11.8. The van der Waals surface area contributed by atoms with Crippen LogP contribution in [0.4, 0.5) is 16.2 Å². The third-order valence-electron chi connectivity index (χ3n) is 2.95. The lowest BCUT2D eigenvalue weighted by molar-refractivity contribution is 0.262. The lowest BCUT2D eigenvalue weighted by atomic mass is 9.87. The Morgan fingerprint density at radius 2 is 1.40 bits per heavy atom. The summed E-state index contributed by atoms with van der Waals surface area (Å²) in [6, 6.07) is 11.1. The molecule has 2 N–H and O–H groups in total. The maximum absolute atomic E-state index is 11.8. The van der Waals surface area contributed by atoms with E-state index in [1.54, 1.807) is 24.5 Å². The number of carbonyl (C=O) groups is 1. The molecular weight excluding hydrogens is 250 g/mol. The van der Waals surface area contributed by atoms with Crippen LogP contribution in [0.2, 0.25) is 0 Å². The lowest BCUT2D eigenvalue weighted by Crippen LogP contribution is -2.19. The SMILES string of the molecule is CC(C)(C)c1ccc(NC(=O)Nc2ccncc2)cc1. The van der Waals surface area contributed by atoms with Gasteiger partial charge in [0.2, 0.25) is 0 Å². The van der Waals surface area contributed by atoms with Crippen LogP contribution in [0.15, 0.2) is 48.8 Å². The zero-order valence-corrected chi connectivity index (χ0v) is 12.0. The summed E-state index contributed by atoms with van der Waals surface area (Å²) in [6.07, 6.45) is 3.27. The van der Waals surface area contributed by atoms with Crippen molar-refractivity contribution in [1.82, 2.24) is 4.98 Å². The number of hydrogen-bond acceptors (Lipinski definition) is 2. The fourth-order valence-corrected chi connectivity index (χ4v) is 1.78. The Labute approximate surface area is 119 Å². The summed E-state index contributed by atoms with van der Waals surface area (Å²) >= 11 is 0. The highest BCUT2D eigenvalue weighted by Crippen LogP contribution is 2.23. The summed E-state index contributed by atoms with van der Waals surface area (Å²) in [5.74, 6) is 0. The van der Waals surface area contributed by atoms with E-state index in [0.717, 1.165) is 5.69 Å². The van der Waals surface area contributed by atoms with Gasteiger partial charge in [0.05, 0.1) is 0 Å². The van der Waals surface area contributed by atoms with E-state index in [-0.39, 0.29) is 11.4 Å². The molecule has 2 amide bonds. The molecule has 2 rings (SSSR count). The van der Waals surface area contributed by atoms with Crippen LogP contribution in [0.1, 0.15) is 26.3 Å². The first-order valence-electron chi connectivity index (χ1n) is 6.54. The average molecular weight is 269 g/mol. The number of nitrogens with one attached hydrogen (secondary N) is 2. The van der Waals surface area contributed by atoms with Crippen molar-refractivity contribution in [2.75, 3.05) is 10.6 Å². The number of aromatic nitrogens is 1. The van der Waals surface area contributed by atoms with Gasteiger partial charge in [-0.3, -0.25) is 4.98 Å². The van der Waals surface area contributed by atoms with E-state index in [0.29, 0.717) is 5.69 Å². The quantitative estimate of drug-likeness (QED) is 0.865. The van der Waals surface area contributed by atoms with Crippen molar-refractivity contribution in [2.24, 2.45) is 0 Å².